The Hall–Kier alpha value is -1.69. The van der Waals surface area contributed by atoms with Gasteiger partial charge >= 0.3 is 0 Å². The number of rotatable bonds is 7. The van der Waals surface area contributed by atoms with Crippen molar-refractivity contribution in [1.82, 2.24) is 24.8 Å². The summed E-state index contributed by atoms with van der Waals surface area (Å²) < 4.78 is 7.05. The molecular weight excluding hydrogens is 242 g/mol. The Morgan fingerprint density at radius 3 is 2.89 bits per heavy atom. The van der Waals surface area contributed by atoms with E-state index >= 15 is 0 Å². The molecule has 19 heavy (non-hydrogen) atoms. The van der Waals surface area contributed by atoms with E-state index in [0.29, 0.717) is 12.4 Å². The second-order valence-corrected chi connectivity index (χ2v) is 4.86. The largest absolute Gasteiger partial charge is 0.338 e. The average molecular weight is 263 g/mol. The monoisotopic (exact) mass is 263 g/mol. The molecule has 0 atom stereocenters. The number of aryl methyl sites for hydroxylation is 2. The molecule has 0 aromatic carbocycles. The summed E-state index contributed by atoms with van der Waals surface area (Å²) in [6, 6.07) is 0. The molecule has 0 radical (unpaired) electrons. The lowest BCUT2D eigenvalue weighted by atomic mass is 10.2. The van der Waals surface area contributed by atoms with Gasteiger partial charge in [0.1, 0.15) is 0 Å². The van der Waals surface area contributed by atoms with Crippen molar-refractivity contribution in [3.05, 3.63) is 29.7 Å². The molecule has 0 aliphatic rings. The van der Waals surface area contributed by atoms with Crippen LogP contribution in [-0.4, -0.2) is 38.4 Å². The molecule has 0 aliphatic carbocycles. The van der Waals surface area contributed by atoms with Gasteiger partial charge in [0.25, 0.3) is 0 Å². The molecule has 2 aromatic heterocycles. The van der Waals surface area contributed by atoms with Gasteiger partial charge in [-0.3, -0.25) is 9.58 Å². The Kier molecular flexibility index (Phi) is 4.68. The molecule has 0 amide bonds. The summed E-state index contributed by atoms with van der Waals surface area (Å²) in [4.78, 5) is 6.54. The zero-order valence-electron chi connectivity index (χ0n) is 11.8. The molecule has 0 bridgehead atoms. The summed E-state index contributed by atoms with van der Waals surface area (Å²) in [5.74, 6) is 1.50. The van der Waals surface area contributed by atoms with Gasteiger partial charge in [-0.05, 0) is 25.5 Å². The van der Waals surface area contributed by atoms with Crippen molar-refractivity contribution in [2.24, 2.45) is 7.05 Å². The normalized spacial score (nSPS) is 11.4. The average Bonchev–Trinajstić information content (AvgIpc) is 2.97. The fourth-order valence-corrected chi connectivity index (χ4v) is 1.91. The first kappa shape index (κ1) is 13.7. The lowest BCUT2D eigenvalue weighted by Gasteiger charge is -2.12. The maximum atomic E-state index is 5.22. The van der Waals surface area contributed by atoms with Gasteiger partial charge in [-0.1, -0.05) is 12.1 Å². The van der Waals surface area contributed by atoms with Crippen LogP contribution in [0.15, 0.2) is 16.9 Å². The third kappa shape index (κ3) is 4.17. The maximum absolute atomic E-state index is 5.22. The van der Waals surface area contributed by atoms with E-state index in [-0.39, 0.29) is 0 Å². The second-order valence-electron chi connectivity index (χ2n) is 4.86. The highest BCUT2D eigenvalue weighted by atomic mass is 16.5. The highest BCUT2D eigenvalue weighted by molar-refractivity contribution is 5.03. The van der Waals surface area contributed by atoms with Gasteiger partial charge in [0, 0.05) is 26.2 Å². The number of hydrogen-bond donors (Lipinski definition) is 0. The van der Waals surface area contributed by atoms with Crippen molar-refractivity contribution < 1.29 is 4.52 Å². The van der Waals surface area contributed by atoms with Crippen LogP contribution < -0.4 is 0 Å². The van der Waals surface area contributed by atoms with Crippen LogP contribution in [0.2, 0.25) is 0 Å². The summed E-state index contributed by atoms with van der Waals surface area (Å²) in [7, 11) is 3.99. The minimum Gasteiger partial charge on any atom is -0.338 e. The minimum absolute atomic E-state index is 0.691. The summed E-state index contributed by atoms with van der Waals surface area (Å²) in [6.45, 7) is 3.74. The fourth-order valence-electron chi connectivity index (χ4n) is 1.91. The van der Waals surface area contributed by atoms with Crippen LogP contribution >= 0.6 is 0 Å². The molecule has 2 heterocycles. The van der Waals surface area contributed by atoms with Gasteiger partial charge in [-0.2, -0.15) is 10.1 Å². The van der Waals surface area contributed by atoms with Crippen molar-refractivity contribution >= 4 is 0 Å². The molecule has 0 saturated carbocycles. The van der Waals surface area contributed by atoms with Gasteiger partial charge < -0.3 is 4.52 Å². The Labute approximate surface area is 113 Å². The van der Waals surface area contributed by atoms with E-state index in [0.717, 1.165) is 31.6 Å². The van der Waals surface area contributed by atoms with Crippen molar-refractivity contribution in [3.63, 3.8) is 0 Å². The van der Waals surface area contributed by atoms with Crippen LogP contribution in [0.1, 0.15) is 30.6 Å². The summed E-state index contributed by atoms with van der Waals surface area (Å²) in [5.41, 5.74) is 1.24. The van der Waals surface area contributed by atoms with Crippen LogP contribution in [0.3, 0.4) is 0 Å². The van der Waals surface area contributed by atoms with Gasteiger partial charge in [0.15, 0.2) is 5.82 Å². The third-order valence-corrected chi connectivity index (χ3v) is 2.93. The summed E-state index contributed by atoms with van der Waals surface area (Å²) in [5, 5.41) is 8.11. The Morgan fingerprint density at radius 1 is 1.37 bits per heavy atom. The van der Waals surface area contributed by atoms with Crippen LogP contribution in [0.4, 0.5) is 0 Å². The third-order valence-electron chi connectivity index (χ3n) is 2.93. The van der Waals surface area contributed by atoms with Crippen molar-refractivity contribution in [2.45, 2.75) is 32.7 Å². The highest BCUT2D eigenvalue weighted by Gasteiger charge is 2.09. The molecule has 2 rings (SSSR count). The van der Waals surface area contributed by atoms with Gasteiger partial charge in [-0.15, -0.1) is 0 Å². The first-order valence-electron chi connectivity index (χ1n) is 6.65. The van der Waals surface area contributed by atoms with E-state index in [9.17, 15) is 0 Å². The topological polar surface area (TPSA) is 60.0 Å². The Morgan fingerprint density at radius 2 is 2.21 bits per heavy atom. The van der Waals surface area contributed by atoms with Gasteiger partial charge in [-0.25, -0.2) is 0 Å². The molecule has 6 heteroatoms. The molecule has 0 fully saturated rings. The van der Waals surface area contributed by atoms with E-state index in [1.807, 2.05) is 24.1 Å². The first-order valence-corrected chi connectivity index (χ1v) is 6.65. The summed E-state index contributed by atoms with van der Waals surface area (Å²) in [6.07, 6.45) is 6.83. The van der Waals surface area contributed by atoms with Crippen LogP contribution in [-0.2, 0) is 26.4 Å². The van der Waals surface area contributed by atoms with Crippen molar-refractivity contribution in [3.8, 4) is 0 Å². The minimum atomic E-state index is 0.691. The molecule has 6 nitrogen and oxygen atoms in total. The standard InChI is InChI=1S/C13H21N5O/c1-4-5-12-15-13(19-16-12)10-17(2)7-6-11-8-14-18(3)9-11/h8-9H,4-7,10H2,1-3H3. The SMILES string of the molecule is CCCc1noc(CN(C)CCc2cnn(C)c2)n1. The van der Waals surface area contributed by atoms with Crippen LogP contribution in [0, 0.1) is 0 Å². The quantitative estimate of drug-likeness (QED) is 0.756. The fraction of sp³-hybridized carbons (Fsp3) is 0.615. The zero-order valence-corrected chi connectivity index (χ0v) is 11.8. The molecule has 0 saturated heterocycles. The molecular formula is C13H21N5O. The predicted octanol–water partition coefficient (Wildman–Crippen LogP) is 1.43. The van der Waals surface area contributed by atoms with Crippen molar-refractivity contribution in [2.75, 3.05) is 13.6 Å². The lowest BCUT2D eigenvalue weighted by molar-refractivity contribution is 0.268. The number of aromatic nitrogens is 4. The molecule has 0 aliphatic heterocycles. The molecule has 2 aromatic rings. The van der Waals surface area contributed by atoms with Crippen molar-refractivity contribution in [1.29, 1.82) is 0 Å². The van der Waals surface area contributed by atoms with E-state index < -0.39 is 0 Å². The molecule has 0 N–H and O–H groups in total. The molecule has 0 unspecified atom stereocenters. The maximum Gasteiger partial charge on any atom is 0.240 e. The molecule has 0 spiro atoms. The van der Waals surface area contributed by atoms with E-state index in [2.05, 4.69) is 34.1 Å². The zero-order chi connectivity index (χ0) is 13.7. The predicted molar refractivity (Wildman–Crippen MR) is 71.5 cm³/mol. The lowest BCUT2D eigenvalue weighted by Crippen LogP contribution is -2.20. The van der Waals surface area contributed by atoms with E-state index in [1.165, 1.54) is 5.56 Å². The second kappa shape index (κ2) is 6.47. The van der Waals surface area contributed by atoms with E-state index in [1.54, 1.807) is 0 Å². The number of nitrogens with zero attached hydrogens (tertiary/aromatic N) is 5. The van der Waals surface area contributed by atoms with E-state index in [4.69, 9.17) is 4.52 Å². The highest BCUT2D eigenvalue weighted by Crippen LogP contribution is 2.05. The Balaban J connectivity index is 1.78. The van der Waals surface area contributed by atoms with Gasteiger partial charge in [0.2, 0.25) is 5.89 Å². The first-order chi connectivity index (χ1) is 9.17. The summed E-state index contributed by atoms with van der Waals surface area (Å²) >= 11 is 0. The number of hydrogen-bond acceptors (Lipinski definition) is 5. The molecule has 104 valence electrons. The number of likely N-dealkylation sites (N-methyl/N-ethyl adjacent to an activating group) is 1. The smallest absolute Gasteiger partial charge is 0.240 e. The Bertz CT molecular complexity index is 505. The van der Waals surface area contributed by atoms with Crippen LogP contribution in [0.5, 0.6) is 0 Å². The van der Waals surface area contributed by atoms with Crippen LogP contribution in [0.25, 0.3) is 0 Å². The van der Waals surface area contributed by atoms with Gasteiger partial charge in [0.05, 0.1) is 12.7 Å².